The van der Waals surface area contributed by atoms with Gasteiger partial charge in [-0.25, -0.2) is 9.03 Å². The van der Waals surface area contributed by atoms with E-state index in [9.17, 15) is 13.2 Å². The molecular weight excluding hydrogens is 309 g/mol. The Labute approximate surface area is 132 Å². The maximum Gasteiger partial charge on any atom is 0.402 e. The van der Waals surface area contributed by atoms with Gasteiger partial charge in [0.05, 0.1) is 0 Å². The molecule has 22 heavy (non-hydrogen) atoms. The lowest BCUT2D eigenvalue weighted by Crippen LogP contribution is -2.51. The van der Waals surface area contributed by atoms with Crippen molar-refractivity contribution >= 4 is 12.1 Å². The summed E-state index contributed by atoms with van der Waals surface area (Å²) in [5, 5.41) is 0. The molecule has 2 bridgehead atoms. The predicted molar refractivity (Wildman–Crippen MR) is 81.1 cm³/mol. The second-order valence-corrected chi connectivity index (χ2v) is 7.70. The van der Waals surface area contributed by atoms with Gasteiger partial charge in [0.1, 0.15) is 6.54 Å². The smallest absolute Gasteiger partial charge is 0.243 e. The highest BCUT2D eigenvalue weighted by Gasteiger charge is 2.56. The molecular formula is C16H19F3N2S. The maximum atomic E-state index is 12.7. The minimum absolute atomic E-state index is 0.158. The van der Waals surface area contributed by atoms with Crippen molar-refractivity contribution in [1.29, 1.82) is 0 Å². The number of alkyl halides is 3. The number of fused-ring (bicyclic) bond motifs is 1. The lowest BCUT2D eigenvalue weighted by molar-refractivity contribution is -0.135. The van der Waals surface area contributed by atoms with Crippen molar-refractivity contribution in [2.45, 2.75) is 37.4 Å². The predicted octanol–water partition coefficient (Wildman–Crippen LogP) is 3.58. The van der Waals surface area contributed by atoms with Gasteiger partial charge in [-0.05, 0) is 48.6 Å². The minimum Gasteiger partial charge on any atom is -0.243 e. The van der Waals surface area contributed by atoms with Gasteiger partial charge >= 0.3 is 6.18 Å². The van der Waals surface area contributed by atoms with Crippen LogP contribution in [-0.2, 0) is 12.8 Å². The fourth-order valence-corrected chi connectivity index (χ4v) is 5.71. The molecule has 2 unspecified atom stereocenters. The van der Waals surface area contributed by atoms with Crippen LogP contribution in [0.3, 0.4) is 0 Å². The van der Waals surface area contributed by atoms with Gasteiger partial charge in [-0.2, -0.15) is 13.2 Å². The SMILES string of the molecule is FC(F)(F)CN1CC2(NS1)C1CCC2Cc2ccccc2C1. The van der Waals surface area contributed by atoms with Gasteiger partial charge in [0.2, 0.25) is 0 Å². The average Bonchev–Trinajstić information content (AvgIpc) is 2.92. The van der Waals surface area contributed by atoms with Crippen LogP contribution in [0.5, 0.6) is 0 Å². The van der Waals surface area contributed by atoms with Crippen LogP contribution in [0.4, 0.5) is 13.2 Å². The molecule has 2 nitrogen and oxygen atoms in total. The van der Waals surface area contributed by atoms with E-state index in [1.54, 1.807) is 0 Å². The summed E-state index contributed by atoms with van der Waals surface area (Å²) in [6, 6.07) is 8.49. The number of nitrogens with zero attached hydrogens (tertiary/aromatic N) is 1. The molecule has 1 aliphatic heterocycles. The fraction of sp³-hybridized carbons (Fsp3) is 0.625. The Morgan fingerprint density at radius 1 is 1.14 bits per heavy atom. The molecule has 6 heteroatoms. The van der Waals surface area contributed by atoms with Crippen LogP contribution >= 0.6 is 12.1 Å². The van der Waals surface area contributed by atoms with Gasteiger partial charge in [-0.3, -0.25) is 0 Å². The highest BCUT2D eigenvalue weighted by atomic mass is 32.2. The first kappa shape index (κ1) is 14.8. The molecule has 4 rings (SSSR count). The van der Waals surface area contributed by atoms with Gasteiger partial charge in [-0.15, -0.1) is 0 Å². The molecule has 2 atom stereocenters. The summed E-state index contributed by atoms with van der Waals surface area (Å²) in [6.45, 7) is -0.334. The number of halogens is 3. The number of nitrogens with one attached hydrogen (secondary N) is 1. The van der Waals surface area contributed by atoms with Gasteiger partial charge in [-0.1, -0.05) is 24.3 Å². The summed E-state index contributed by atoms with van der Waals surface area (Å²) in [5.74, 6) is 0.874. The van der Waals surface area contributed by atoms with E-state index in [2.05, 4.69) is 29.0 Å². The van der Waals surface area contributed by atoms with E-state index >= 15 is 0 Å². The molecule has 1 aromatic rings. The van der Waals surface area contributed by atoms with Crippen LogP contribution in [0.1, 0.15) is 24.0 Å². The molecule has 0 amide bonds. The summed E-state index contributed by atoms with van der Waals surface area (Å²) in [4.78, 5) is 0. The molecule has 0 radical (unpaired) electrons. The van der Waals surface area contributed by atoms with E-state index in [4.69, 9.17) is 0 Å². The van der Waals surface area contributed by atoms with Crippen LogP contribution in [0.15, 0.2) is 24.3 Å². The van der Waals surface area contributed by atoms with E-state index in [0.29, 0.717) is 18.4 Å². The van der Waals surface area contributed by atoms with Crippen molar-refractivity contribution in [3.63, 3.8) is 0 Å². The zero-order valence-electron chi connectivity index (χ0n) is 12.2. The van der Waals surface area contributed by atoms with E-state index in [0.717, 1.165) is 25.7 Å². The topological polar surface area (TPSA) is 15.3 Å². The highest BCUT2D eigenvalue weighted by molar-refractivity contribution is 7.95. The van der Waals surface area contributed by atoms with Crippen LogP contribution in [-0.4, -0.2) is 29.1 Å². The number of rotatable bonds is 1. The van der Waals surface area contributed by atoms with Gasteiger partial charge in [0.25, 0.3) is 0 Å². The summed E-state index contributed by atoms with van der Waals surface area (Å²) < 4.78 is 42.9. The average molecular weight is 328 g/mol. The van der Waals surface area contributed by atoms with Crippen molar-refractivity contribution in [3.8, 4) is 0 Å². The Balaban J connectivity index is 1.59. The lowest BCUT2D eigenvalue weighted by atomic mass is 9.79. The Morgan fingerprint density at radius 2 is 1.73 bits per heavy atom. The van der Waals surface area contributed by atoms with Crippen molar-refractivity contribution in [1.82, 2.24) is 9.03 Å². The van der Waals surface area contributed by atoms with Crippen LogP contribution in [0, 0.1) is 11.8 Å². The Morgan fingerprint density at radius 3 is 2.27 bits per heavy atom. The van der Waals surface area contributed by atoms with Crippen molar-refractivity contribution in [2.24, 2.45) is 11.8 Å². The third kappa shape index (κ3) is 2.45. The van der Waals surface area contributed by atoms with Crippen molar-refractivity contribution < 1.29 is 13.2 Å². The largest absolute Gasteiger partial charge is 0.402 e. The van der Waals surface area contributed by atoms with Crippen LogP contribution < -0.4 is 4.72 Å². The zero-order chi connectivity index (χ0) is 15.4. The first-order valence-electron chi connectivity index (χ1n) is 7.79. The molecule has 2 fully saturated rings. The van der Waals surface area contributed by atoms with Crippen molar-refractivity contribution in [2.75, 3.05) is 13.1 Å². The molecule has 1 N–H and O–H groups in total. The van der Waals surface area contributed by atoms with E-state index in [-0.39, 0.29) is 5.54 Å². The number of hydrogen-bond acceptors (Lipinski definition) is 3. The molecule has 1 spiro atoms. The summed E-state index contributed by atoms with van der Waals surface area (Å²) in [6.07, 6.45) is 0.0754. The van der Waals surface area contributed by atoms with E-state index in [1.807, 2.05) is 0 Å². The standard InChI is InChI=1S/C16H19F3N2S/c17-16(18,19)10-21-9-15(20-22-21)13-5-6-14(15)8-12-4-2-1-3-11(12)7-13/h1-4,13-14,20H,5-10H2. The Bertz CT molecular complexity index is 542. The van der Waals surface area contributed by atoms with Crippen LogP contribution in [0.2, 0.25) is 0 Å². The minimum atomic E-state index is -4.13. The Hall–Kier alpha value is -0.720. The zero-order valence-corrected chi connectivity index (χ0v) is 13.0. The molecule has 1 saturated heterocycles. The first-order valence-corrected chi connectivity index (χ1v) is 8.56. The quantitative estimate of drug-likeness (QED) is 0.793. The summed E-state index contributed by atoms with van der Waals surface area (Å²) >= 11 is 1.17. The Kier molecular flexibility index (Phi) is 3.47. The second kappa shape index (κ2) is 5.14. The number of hydrogen-bond donors (Lipinski definition) is 1. The molecule has 120 valence electrons. The third-order valence-electron chi connectivity index (χ3n) is 5.53. The fourth-order valence-electron chi connectivity index (χ4n) is 4.52. The molecule has 1 saturated carbocycles. The number of benzene rings is 1. The molecule has 0 aromatic heterocycles. The van der Waals surface area contributed by atoms with Gasteiger partial charge in [0, 0.05) is 24.2 Å². The van der Waals surface area contributed by atoms with Crippen LogP contribution in [0.25, 0.3) is 0 Å². The first-order chi connectivity index (χ1) is 10.5. The third-order valence-corrected chi connectivity index (χ3v) is 6.52. The van der Waals surface area contributed by atoms with Gasteiger partial charge < -0.3 is 0 Å². The normalized spacial score (nSPS) is 34.9. The molecule has 1 heterocycles. The molecule has 1 aromatic carbocycles. The summed E-state index contributed by atoms with van der Waals surface area (Å²) in [7, 11) is 0. The monoisotopic (exact) mass is 328 g/mol. The van der Waals surface area contributed by atoms with Crippen molar-refractivity contribution in [3.05, 3.63) is 35.4 Å². The maximum absolute atomic E-state index is 12.7. The van der Waals surface area contributed by atoms with Gasteiger partial charge in [0.15, 0.2) is 0 Å². The molecule has 3 aliphatic rings. The second-order valence-electron chi connectivity index (χ2n) is 6.80. The van der Waals surface area contributed by atoms with E-state index < -0.39 is 12.7 Å². The highest BCUT2D eigenvalue weighted by Crippen LogP contribution is 2.51. The van der Waals surface area contributed by atoms with E-state index in [1.165, 1.54) is 27.6 Å². The lowest BCUT2D eigenvalue weighted by Gasteiger charge is -2.34. The summed E-state index contributed by atoms with van der Waals surface area (Å²) in [5.41, 5.74) is 2.61. The molecule has 2 aliphatic carbocycles.